The number of anilines is 1. The molecule has 3 rings (SSSR count). The number of carbonyl (C=O) groups is 1. The van der Waals surface area contributed by atoms with E-state index in [0.717, 1.165) is 18.7 Å². The Bertz CT molecular complexity index is 718. The van der Waals surface area contributed by atoms with Crippen LogP contribution in [0.4, 0.5) is 5.69 Å². The third kappa shape index (κ3) is 3.80. The van der Waals surface area contributed by atoms with Gasteiger partial charge in [0.2, 0.25) is 5.91 Å². The molecular weight excluding hydrogens is 333 g/mol. The van der Waals surface area contributed by atoms with E-state index in [1.165, 1.54) is 5.56 Å². The van der Waals surface area contributed by atoms with Crippen LogP contribution in [0.3, 0.4) is 0 Å². The highest BCUT2D eigenvalue weighted by Crippen LogP contribution is 2.29. The van der Waals surface area contributed by atoms with Gasteiger partial charge in [-0.1, -0.05) is 41.4 Å². The van der Waals surface area contributed by atoms with E-state index in [1.807, 2.05) is 23.1 Å². The molecule has 120 valence electrons. The monoisotopic (exact) mass is 349 g/mol. The number of benzene rings is 2. The summed E-state index contributed by atoms with van der Waals surface area (Å²) in [6, 6.07) is 13.2. The van der Waals surface area contributed by atoms with Gasteiger partial charge >= 0.3 is 0 Å². The first-order valence-corrected chi connectivity index (χ1v) is 8.37. The molecule has 1 aliphatic rings. The number of halogens is 2. The molecule has 0 unspecified atom stereocenters. The van der Waals surface area contributed by atoms with Crippen LogP contribution < -0.4 is 9.64 Å². The zero-order chi connectivity index (χ0) is 16.2. The summed E-state index contributed by atoms with van der Waals surface area (Å²) in [5, 5.41) is 1.06. The predicted molar refractivity (Wildman–Crippen MR) is 93.7 cm³/mol. The summed E-state index contributed by atoms with van der Waals surface area (Å²) in [4.78, 5) is 14.2. The molecular formula is C18H17Cl2NO2. The summed E-state index contributed by atoms with van der Waals surface area (Å²) >= 11 is 11.9. The Balaban J connectivity index is 1.49. The molecule has 0 spiro atoms. The van der Waals surface area contributed by atoms with Gasteiger partial charge in [0.1, 0.15) is 5.75 Å². The molecule has 3 nitrogen and oxygen atoms in total. The number of hydrogen-bond acceptors (Lipinski definition) is 2. The van der Waals surface area contributed by atoms with Gasteiger partial charge in [-0.25, -0.2) is 0 Å². The molecule has 0 saturated carbocycles. The molecule has 0 saturated heterocycles. The van der Waals surface area contributed by atoms with Gasteiger partial charge < -0.3 is 9.64 Å². The van der Waals surface area contributed by atoms with Crippen molar-refractivity contribution in [1.29, 1.82) is 0 Å². The van der Waals surface area contributed by atoms with Crippen LogP contribution in [-0.2, 0) is 11.2 Å². The predicted octanol–water partition coefficient (Wildman–Crippen LogP) is 4.74. The summed E-state index contributed by atoms with van der Waals surface area (Å²) in [5.41, 5.74) is 2.28. The van der Waals surface area contributed by atoms with Gasteiger partial charge in [-0.3, -0.25) is 4.79 Å². The molecule has 0 N–H and O–H groups in total. The fourth-order valence-corrected chi connectivity index (χ4v) is 3.19. The fourth-order valence-electron chi connectivity index (χ4n) is 2.73. The maximum absolute atomic E-state index is 12.4. The maximum Gasteiger partial charge on any atom is 0.227 e. The van der Waals surface area contributed by atoms with E-state index in [9.17, 15) is 4.79 Å². The van der Waals surface area contributed by atoms with E-state index in [2.05, 4.69) is 6.07 Å². The first-order valence-electron chi connectivity index (χ1n) is 7.61. The van der Waals surface area contributed by atoms with Crippen molar-refractivity contribution >= 4 is 34.8 Å². The number of nitrogens with zero attached hydrogens (tertiary/aromatic N) is 1. The second kappa shape index (κ2) is 7.24. The highest BCUT2D eigenvalue weighted by molar-refractivity contribution is 6.35. The average molecular weight is 350 g/mol. The number of amides is 1. The molecule has 0 fully saturated rings. The number of carbonyl (C=O) groups excluding carboxylic acids is 1. The van der Waals surface area contributed by atoms with Crippen LogP contribution in [-0.4, -0.2) is 19.1 Å². The van der Waals surface area contributed by atoms with Crippen molar-refractivity contribution in [2.75, 3.05) is 18.1 Å². The zero-order valence-corrected chi connectivity index (χ0v) is 14.1. The SMILES string of the molecule is O=C(CCCOc1ccc(Cl)cc1Cl)N1CCc2ccccc21. The molecule has 2 aromatic carbocycles. The van der Waals surface area contributed by atoms with E-state index in [1.54, 1.807) is 18.2 Å². The largest absolute Gasteiger partial charge is 0.492 e. The minimum atomic E-state index is 0.140. The van der Waals surface area contributed by atoms with Gasteiger partial charge in [0.25, 0.3) is 0 Å². The van der Waals surface area contributed by atoms with Crippen molar-refractivity contribution in [3.05, 3.63) is 58.1 Å². The molecule has 0 radical (unpaired) electrons. The Labute approximate surface area is 145 Å². The van der Waals surface area contributed by atoms with Gasteiger partial charge in [-0.15, -0.1) is 0 Å². The summed E-state index contributed by atoms with van der Waals surface area (Å²) < 4.78 is 5.61. The highest BCUT2D eigenvalue weighted by atomic mass is 35.5. The van der Waals surface area contributed by atoms with E-state index in [-0.39, 0.29) is 5.91 Å². The first-order chi connectivity index (χ1) is 11.1. The average Bonchev–Trinajstić information content (AvgIpc) is 2.97. The van der Waals surface area contributed by atoms with E-state index in [4.69, 9.17) is 27.9 Å². The Morgan fingerprint density at radius 1 is 1.17 bits per heavy atom. The minimum absolute atomic E-state index is 0.140. The van der Waals surface area contributed by atoms with Crippen LogP contribution in [0.2, 0.25) is 10.0 Å². The highest BCUT2D eigenvalue weighted by Gasteiger charge is 2.23. The van der Waals surface area contributed by atoms with Gasteiger partial charge in [-0.05, 0) is 42.7 Å². The van der Waals surface area contributed by atoms with Crippen molar-refractivity contribution in [3.8, 4) is 5.75 Å². The van der Waals surface area contributed by atoms with Crippen molar-refractivity contribution < 1.29 is 9.53 Å². The summed E-state index contributed by atoms with van der Waals surface area (Å²) in [7, 11) is 0. The van der Waals surface area contributed by atoms with E-state index < -0.39 is 0 Å². The molecule has 5 heteroatoms. The molecule has 0 aliphatic carbocycles. The van der Waals surface area contributed by atoms with Crippen LogP contribution in [0.1, 0.15) is 18.4 Å². The summed E-state index contributed by atoms with van der Waals surface area (Å²) in [6.07, 6.45) is 2.04. The molecule has 1 heterocycles. The third-order valence-electron chi connectivity index (χ3n) is 3.87. The van der Waals surface area contributed by atoms with Crippen LogP contribution >= 0.6 is 23.2 Å². The molecule has 0 bridgehead atoms. The molecule has 1 amide bonds. The number of fused-ring (bicyclic) bond motifs is 1. The number of para-hydroxylation sites is 1. The van der Waals surface area contributed by atoms with E-state index in [0.29, 0.717) is 35.2 Å². The summed E-state index contributed by atoms with van der Waals surface area (Å²) in [5.74, 6) is 0.732. The lowest BCUT2D eigenvalue weighted by Gasteiger charge is -2.17. The Morgan fingerprint density at radius 3 is 2.83 bits per heavy atom. The first kappa shape index (κ1) is 16.2. The van der Waals surface area contributed by atoms with Gasteiger partial charge in [-0.2, -0.15) is 0 Å². The van der Waals surface area contributed by atoms with Crippen LogP contribution in [0.15, 0.2) is 42.5 Å². The van der Waals surface area contributed by atoms with Crippen molar-refractivity contribution in [2.24, 2.45) is 0 Å². The second-order valence-electron chi connectivity index (χ2n) is 5.45. The number of hydrogen-bond donors (Lipinski definition) is 0. The van der Waals surface area contributed by atoms with Crippen molar-refractivity contribution in [3.63, 3.8) is 0 Å². The summed E-state index contributed by atoms with van der Waals surface area (Å²) in [6.45, 7) is 1.21. The molecule has 1 aliphatic heterocycles. The molecule has 0 atom stereocenters. The van der Waals surface area contributed by atoms with Gasteiger partial charge in [0.15, 0.2) is 0 Å². The lowest BCUT2D eigenvalue weighted by molar-refractivity contribution is -0.118. The van der Waals surface area contributed by atoms with Gasteiger partial charge in [0.05, 0.1) is 11.6 Å². The minimum Gasteiger partial charge on any atom is -0.492 e. The number of rotatable bonds is 5. The molecule has 23 heavy (non-hydrogen) atoms. The van der Waals surface area contributed by atoms with Crippen LogP contribution in [0, 0.1) is 0 Å². The topological polar surface area (TPSA) is 29.5 Å². The van der Waals surface area contributed by atoms with Crippen molar-refractivity contribution in [2.45, 2.75) is 19.3 Å². The lowest BCUT2D eigenvalue weighted by atomic mass is 10.2. The Morgan fingerprint density at radius 2 is 2.00 bits per heavy atom. The molecule has 2 aromatic rings. The van der Waals surface area contributed by atoms with Crippen molar-refractivity contribution in [1.82, 2.24) is 0 Å². The number of ether oxygens (including phenoxy) is 1. The lowest BCUT2D eigenvalue weighted by Crippen LogP contribution is -2.28. The third-order valence-corrected chi connectivity index (χ3v) is 4.41. The normalized spacial score (nSPS) is 13.0. The smallest absolute Gasteiger partial charge is 0.227 e. The van der Waals surface area contributed by atoms with Crippen LogP contribution in [0.5, 0.6) is 5.75 Å². The quantitative estimate of drug-likeness (QED) is 0.729. The molecule has 0 aromatic heterocycles. The maximum atomic E-state index is 12.4. The standard InChI is InChI=1S/C18H17Cl2NO2/c19-14-7-8-17(15(20)12-14)23-11-3-6-18(22)21-10-9-13-4-1-2-5-16(13)21/h1-2,4-5,7-8,12H,3,6,9-11H2. The van der Waals surface area contributed by atoms with Crippen LogP contribution in [0.25, 0.3) is 0 Å². The fraction of sp³-hybridized carbons (Fsp3) is 0.278. The Hall–Kier alpha value is -1.71. The second-order valence-corrected chi connectivity index (χ2v) is 6.29. The Kier molecular flexibility index (Phi) is 5.09. The van der Waals surface area contributed by atoms with E-state index >= 15 is 0 Å². The zero-order valence-electron chi connectivity index (χ0n) is 12.6. The van der Waals surface area contributed by atoms with Gasteiger partial charge in [0, 0.05) is 23.7 Å².